The minimum atomic E-state index is -1.54. The first kappa shape index (κ1) is 21.1. The third kappa shape index (κ3) is 13.7. The fourth-order valence-corrected chi connectivity index (χ4v) is 0.518. The van der Waals surface area contributed by atoms with E-state index in [2.05, 4.69) is 0 Å². The van der Waals surface area contributed by atoms with Gasteiger partial charge in [0.05, 0.1) is 0 Å². The molecule has 18 heavy (non-hydrogen) atoms. The molecule has 0 bridgehead atoms. The van der Waals surface area contributed by atoms with Crippen LogP contribution in [-0.2, 0) is 0 Å². The first-order valence-corrected chi connectivity index (χ1v) is 4.12. The van der Waals surface area contributed by atoms with E-state index >= 15 is 0 Å². The summed E-state index contributed by atoms with van der Waals surface area (Å²) in [5, 5.41) is 54.6. The van der Waals surface area contributed by atoms with Crippen LogP contribution in [0.2, 0.25) is 0 Å². The first-order valence-electron chi connectivity index (χ1n) is 4.12. The zero-order valence-electron chi connectivity index (χ0n) is 9.20. The van der Waals surface area contributed by atoms with Crippen LogP contribution in [0.5, 0.6) is 0 Å². The van der Waals surface area contributed by atoms with Crippen molar-refractivity contribution < 1.29 is 35.7 Å². The third-order valence-electron chi connectivity index (χ3n) is 1.63. The van der Waals surface area contributed by atoms with E-state index in [1.54, 1.807) is 6.92 Å². The van der Waals surface area contributed by atoms with Crippen molar-refractivity contribution >= 4 is 0 Å². The van der Waals surface area contributed by atoms with Crippen molar-refractivity contribution in [1.82, 2.24) is 0 Å². The lowest BCUT2D eigenvalue weighted by Gasteiger charge is -2.17. The van der Waals surface area contributed by atoms with Crippen LogP contribution in [-0.4, -0.2) is 54.5 Å². The summed E-state index contributed by atoms with van der Waals surface area (Å²) in [5.41, 5.74) is -1.54. The maximum Gasteiger partial charge on any atom is 0.291 e. The smallest absolute Gasteiger partial charge is 0.291 e. The maximum absolute atomic E-state index is 10.2. The Labute approximate surface area is 99.3 Å². The Morgan fingerprint density at radius 3 is 1.17 bits per heavy atom. The monoisotopic (exact) mass is 275 g/mol. The Bertz CT molecular complexity index is 236. The summed E-state index contributed by atoms with van der Waals surface area (Å²) < 4.78 is 0. The molecule has 13 heteroatoms. The van der Waals surface area contributed by atoms with Crippen LogP contribution in [0.15, 0.2) is 0 Å². The van der Waals surface area contributed by atoms with Gasteiger partial charge in [-0.2, -0.15) is 0 Å². The molecule has 0 aromatic carbocycles. The Morgan fingerprint density at radius 1 is 0.944 bits per heavy atom. The molecule has 0 fully saturated rings. The normalized spacial score (nSPS) is 9.06. The second-order valence-electron chi connectivity index (χ2n) is 2.63. The highest BCUT2D eigenvalue weighted by Gasteiger charge is 2.39. The molecule has 0 unspecified atom stereocenters. The average Bonchev–Trinajstić information content (AvgIpc) is 2.19. The second kappa shape index (κ2) is 11.2. The van der Waals surface area contributed by atoms with E-state index in [1.807, 2.05) is 0 Å². The van der Waals surface area contributed by atoms with Gasteiger partial charge in [-0.25, -0.2) is 0 Å². The molecular formula is C5H13N3O10. The highest BCUT2D eigenvalue weighted by Crippen LogP contribution is 2.12. The molecule has 0 radical (unpaired) electrons. The van der Waals surface area contributed by atoms with E-state index in [4.69, 9.17) is 40.9 Å². The number of nitrogens with zero attached hydrogens (tertiary/aromatic N) is 3. The van der Waals surface area contributed by atoms with Crippen LogP contribution in [0.3, 0.4) is 0 Å². The largest absolute Gasteiger partial charge is 0.389 e. The number of aliphatic hydroxyl groups excluding tert-OH is 2. The van der Waals surface area contributed by atoms with Crippen LogP contribution >= 0.6 is 0 Å². The van der Waals surface area contributed by atoms with Crippen LogP contribution in [0, 0.1) is 30.3 Å². The summed E-state index contributed by atoms with van der Waals surface area (Å²) in [5.74, 6) is 0. The Kier molecular flexibility index (Phi) is 13.1. The van der Waals surface area contributed by atoms with Crippen molar-refractivity contribution in [2.24, 2.45) is 0 Å². The Hall–Kier alpha value is -2.28. The molecule has 0 aliphatic carbocycles. The highest BCUT2D eigenvalue weighted by atomic mass is 16.9. The molecule has 0 atom stereocenters. The molecule has 0 aliphatic heterocycles. The van der Waals surface area contributed by atoms with Crippen molar-refractivity contribution in [2.45, 2.75) is 18.9 Å². The molecule has 0 spiro atoms. The topological polar surface area (TPSA) is 210 Å². The summed E-state index contributed by atoms with van der Waals surface area (Å²) in [4.78, 5) is 26.3. The van der Waals surface area contributed by atoms with Gasteiger partial charge in [-0.1, -0.05) is 6.92 Å². The predicted molar refractivity (Wildman–Crippen MR) is 51.7 cm³/mol. The summed E-state index contributed by atoms with van der Waals surface area (Å²) in [7, 11) is 0. The molecule has 0 amide bonds. The van der Waals surface area contributed by atoms with Gasteiger partial charge in [0.2, 0.25) is 0 Å². The molecule has 13 nitrogen and oxygen atoms in total. The van der Waals surface area contributed by atoms with Crippen LogP contribution in [0.4, 0.5) is 0 Å². The van der Waals surface area contributed by atoms with E-state index < -0.39 is 33.8 Å². The zero-order chi connectivity index (χ0) is 15.4. The van der Waals surface area contributed by atoms with Gasteiger partial charge in [-0.3, -0.25) is 10.1 Å². The van der Waals surface area contributed by atoms with Gasteiger partial charge in [0, 0.05) is 11.3 Å². The van der Waals surface area contributed by atoms with Gasteiger partial charge < -0.3 is 20.6 Å². The Balaban J connectivity index is -0.000000233. The van der Waals surface area contributed by atoms with E-state index in [9.17, 15) is 10.1 Å². The fourth-order valence-electron chi connectivity index (χ4n) is 0.518. The number of nitro groups is 1. The van der Waals surface area contributed by atoms with Gasteiger partial charge in [-0.05, 0) is 0 Å². The number of aliphatic hydroxyl groups is 2. The first-order chi connectivity index (χ1) is 8.09. The highest BCUT2D eigenvalue weighted by molar-refractivity contribution is 4.74. The predicted octanol–water partition coefficient (Wildman–Crippen LogP) is -1.30. The van der Waals surface area contributed by atoms with Gasteiger partial charge in [0.25, 0.3) is 15.7 Å². The quantitative estimate of drug-likeness (QED) is 0.351. The molecule has 4 N–H and O–H groups in total. The standard InChI is InChI=1S/C5H11NO4.2HNO3/c1-2-5(3-7,4-8)6(9)10;2*2-1(3)4/h7-8H,2-4H2,1H3;2*(H,2,3,4). The summed E-state index contributed by atoms with van der Waals surface area (Å²) in [6.07, 6.45) is 0.132. The average molecular weight is 275 g/mol. The van der Waals surface area contributed by atoms with Crippen LogP contribution < -0.4 is 0 Å². The van der Waals surface area contributed by atoms with Crippen molar-refractivity contribution in [2.75, 3.05) is 13.2 Å². The maximum atomic E-state index is 10.2. The number of hydrogen-bond donors (Lipinski definition) is 4. The van der Waals surface area contributed by atoms with Gasteiger partial charge >= 0.3 is 0 Å². The molecule has 0 aliphatic rings. The lowest BCUT2D eigenvalue weighted by atomic mass is 10.0. The van der Waals surface area contributed by atoms with Crippen LogP contribution in [0.25, 0.3) is 0 Å². The molecule has 0 heterocycles. The van der Waals surface area contributed by atoms with Crippen molar-refractivity contribution in [3.63, 3.8) is 0 Å². The summed E-state index contributed by atoms with van der Waals surface area (Å²) in [6, 6.07) is 0. The number of hydrogen-bond acceptors (Lipinski definition) is 8. The van der Waals surface area contributed by atoms with Gasteiger partial charge in [0.15, 0.2) is 0 Å². The molecule has 0 aromatic rings. The molecule has 108 valence electrons. The molecule has 0 rings (SSSR count). The van der Waals surface area contributed by atoms with Crippen molar-refractivity contribution in [3.05, 3.63) is 30.3 Å². The minimum Gasteiger partial charge on any atom is -0.389 e. The molecule has 0 saturated heterocycles. The van der Waals surface area contributed by atoms with Gasteiger partial charge in [0.1, 0.15) is 13.2 Å². The van der Waals surface area contributed by atoms with Crippen LogP contribution in [0.1, 0.15) is 13.3 Å². The fraction of sp³-hybridized carbons (Fsp3) is 1.00. The minimum absolute atomic E-state index is 0.132. The molecular weight excluding hydrogens is 262 g/mol. The zero-order valence-corrected chi connectivity index (χ0v) is 9.20. The van der Waals surface area contributed by atoms with E-state index in [-0.39, 0.29) is 6.42 Å². The van der Waals surface area contributed by atoms with E-state index in [0.29, 0.717) is 0 Å². The second-order valence-corrected chi connectivity index (χ2v) is 2.63. The summed E-state index contributed by atoms with van der Waals surface area (Å²) in [6.45, 7) is 0.315. The molecule has 0 saturated carbocycles. The Morgan fingerprint density at radius 2 is 1.17 bits per heavy atom. The third-order valence-corrected chi connectivity index (χ3v) is 1.63. The summed E-state index contributed by atoms with van der Waals surface area (Å²) >= 11 is 0. The molecule has 0 aromatic heterocycles. The van der Waals surface area contributed by atoms with Gasteiger partial charge in [-0.15, -0.1) is 20.2 Å². The van der Waals surface area contributed by atoms with E-state index in [1.165, 1.54) is 0 Å². The van der Waals surface area contributed by atoms with E-state index in [0.717, 1.165) is 0 Å². The van der Waals surface area contributed by atoms with Crippen molar-refractivity contribution in [3.8, 4) is 0 Å². The number of rotatable bonds is 4. The lowest BCUT2D eigenvalue weighted by molar-refractivity contribution is -0.742. The lowest BCUT2D eigenvalue weighted by Crippen LogP contribution is -2.45. The SMILES string of the molecule is CCC(CO)(CO)[N+](=O)[O-].O=[N+]([O-])O.O=[N+]([O-])O. The van der Waals surface area contributed by atoms with Crippen molar-refractivity contribution in [1.29, 1.82) is 0 Å².